The largest absolute Gasteiger partial charge is 0.479 e. The van der Waals surface area contributed by atoms with Crippen LogP contribution in [0.25, 0.3) is 0 Å². The molecule has 1 aromatic carbocycles. The Bertz CT molecular complexity index is 816. The maximum absolute atomic E-state index is 12.0. The van der Waals surface area contributed by atoms with Crippen molar-refractivity contribution in [2.75, 3.05) is 20.1 Å². The summed E-state index contributed by atoms with van der Waals surface area (Å²) in [5.74, 6) is -1.91. The molecule has 1 unspecified atom stereocenters. The van der Waals surface area contributed by atoms with Gasteiger partial charge in [-0.2, -0.15) is 8.42 Å². The van der Waals surface area contributed by atoms with Gasteiger partial charge in [-0.3, -0.25) is 4.79 Å². The number of likely N-dealkylation sites (N-methyl/N-ethyl adjacent to an activating group) is 1. The number of hydrogen-bond acceptors (Lipinski definition) is 6. The standard InChI is InChI=1S/C14H17N3O6S/c1-14(21,13(19)20)8-15-11(18)7-17(2)12-9-5-3-4-6-10(9)24(22,23)16-12/h3-6,21H,7-8H2,1-2H3,(H,15,18)(H,19,20). The van der Waals surface area contributed by atoms with Crippen molar-refractivity contribution in [2.24, 2.45) is 4.40 Å². The first kappa shape index (κ1) is 17.9. The fourth-order valence-electron chi connectivity index (χ4n) is 2.06. The van der Waals surface area contributed by atoms with E-state index in [0.717, 1.165) is 6.92 Å². The molecule has 1 atom stereocenters. The lowest BCUT2D eigenvalue weighted by atomic mass is 10.1. The van der Waals surface area contributed by atoms with E-state index in [1.54, 1.807) is 18.2 Å². The normalized spacial score (nSPS) is 17.4. The second-order valence-corrected chi connectivity index (χ2v) is 7.17. The molecule has 9 nitrogen and oxygen atoms in total. The van der Waals surface area contributed by atoms with Crippen LogP contribution in [0.2, 0.25) is 0 Å². The number of aliphatic hydroxyl groups is 1. The molecule has 0 fully saturated rings. The van der Waals surface area contributed by atoms with Crippen LogP contribution >= 0.6 is 0 Å². The molecule has 3 N–H and O–H groups in total. The summed E-state index contributed by atoms with van der Waals surface area (Å²) in [5, 5.41) is 20.6. The first-order valence-electron chi connectivity index (χ1n) is 6.92. The van der Waals surface area contributed by atoms with Crippen LogP contribution in [-0.4, -0.2) is 67.0 Å². The van der Waals surface area contributed by atoms with Gasteiger partial charge in [0.25, 0.3) is 10.0 Å². The second-order valence-electron chi connectivity index (χ2n) is 5.60. The molecule has 0 aromatic heterocycles. The van der Waals surface area contributed by atoms with Crippen molar-refractivity contribution in [3.63, 3.8) is 0 Å². The molecule has 0 bridgehead atoms. The number of nitrogens with zero attached hydrogens (tertiary/aromatic N) is 2. The van der Waals surface area contributed by atoms with Crippen LogP contribution in [0.15, 0.2) is 33.6 Å². The van der Waals surface area contributed by atoms with E-state index in [-0.39, 0.29) is 17.3 Å². The Morgan fingerprint density at radius 3 is 2.58 bits per heavy atom. The molecular weight excluding hydrogens is 338 g/mol. The quantitative estimate of drug-likeness (QED) is 0.617. The number of hydrogen-bond donors (Lipinski definition) is 3. The smallest absolute Gasteiger partial charge is 0.337 e. The highest BCUT2D eigenvalue weighted by atomic mass is 32.2. The summed E-state index contributed by atoms with van der Waals surface area (Å²) >= 11 is 0. The number of amidine groups is 1. The number of aliphatic carboxylic acids is 1. The van der Waals surface area contributed by atoms with E-state index in [4.69, 9.17) is 5.11 Å². The van der Waals surface area contributed by atoms with E-state index in [0.29, 0.717) is 5.56 Å². The van der Waals surface area contributed by atoms with Gasteiger partial charge in [0, 0.05) is 12.6 Å². The molecule has 10 heteroatoms. The fourth-order valence-corrected chi connectivity index (χ4v) is 3.31. The van der Waals surface area contributed by atoms with Gasteiger partial charge in [0.05, 0.1) is 13.1 Å². The Morgan fingerprint density at radius 2 is 1.96 bits per heavy atom. The van der Waals surface area contributed by atoms with Crippen molar-refractivity contribution in [1.82, 2.24) is 10.2 Å². The number of fused-ring (bicyclic) bond motifs is 1. The Kier molecular flexibility index (Phi) is 4.63. The predicted octanol–water partition coefficient (Wildman–Crippen LogP) is -0.981. The van der Waals surface area contributed by atoms with Gasteiger partial charge in [0.15, 0.2) is 11.4 Å². The Labute approximate surface area is 138 Å². The molecule has 1 aliphatic rings. The van der Waals surface area contributed by atoms with Gasteiger partial charge < -0.3 is 20.4 Å². The van der Waals surface area contributed by atoms with Gasteiger partial charge >= 0.3 is 5.97 Å². The fraction of sp³-hybridized carbons (Fsp3) is 0.357. The second kappa shape index (κ2) is 6.21. The minimum Gasteiger partial charge on any atom is -0.479 e. The average molecular weight is 355 g/mol. The number of benzene rings is 1. The number of carboxylic acids is 1. The molecule has 0 saturated carbocycles. The van der Waals surface area contributed by atoms with Gasteiger partial charge in [0.2, 0.25) is 5.91 Å². The lowest BCUT2D eigenvalue weighted by molar-refractivity contribution is -0.156. The number of sulfonamides is 1. The molecule has 0 aliphatic carbocycles. The molecule has 130 valence electrons. The number of nitrogens with one attached hydrogen (secondary N) is 1. The van der Waals surface area contributed by atoms with Crippen molar-refractivity contribution in [3.8, 4) is 0 Å². The van der Waals surface area contributed by atoms with E-state index >= 15 is 0 Å². The summed E-state index contributed by atoms with van der Waals surface area (Å²) < 4.78 is 27.6. The van der Waals surface area contributed by atoms with Crippen LogP contribution < -0.4 is 5.32 Å². The molecule has 2 rings (SSSR count). The topological polar surface area (TPSA) is 136 Å². The highest BCUT2D eigenvalue weighted by Gasteiger charge is 2.32. The van der Waals surface area contributed by atoms with Crippen LogP contribution in [0.1, 0.15) is 12.5 Å². The molecular formula is C14H17N3O6S. The van der Waals surface area contributed by atoms with Crippen molar-refractivity contribution in [3.05, 3.63) is 29.8 Å². The summed E-state index contributed by atoms with van der Waals surface area (Å²) in [6, 6.07) is 6.25. The van der Waals surface area contributed by atoms with E-state index in [9.17, 15) is 23.1 Å². The van der Waals surface area contributed by atoms with Crippen molar-refractivity contribution in [2.45, 2.75) is 17.4 Å². The zero-order valence-electron chi connectivity index (χ0n) is 13.1. The Balaban J connectivity index is 2.07. The monoisotopic (exact) mass is 355 g/mol. The minimum atomic E-state index is -3.79. The first-order valence-corrected chi connectivity index (χ1v) is 8.36. The molecule has 1 aliphatic heterocycles. The average Bonchev–Trinajstić information content (AvgIpc) is 2.77. The number of carbonyl (C=O) groups is 2. The summed E-state index contributed by atoms with van der Waals surface area (Å²) in [4.78, 5) is 24.1. The van der Waals surface area contributed by atoms with Gasteiger partial charge in [-0.15, -0.1) is 4.40 Å². The van der Waals surface area contributed by atoms with Crippen LogP contribution in [0.4, 0.5) is 0 Å². The van der Waals surface area contributed by atoms with Gasteiger partial charge in [-0.25, -0.2) is 4.79 Å². The van der Waals surface area contributed by atoms with Crippen LogP contribution in [0.3, 0.4) is 0 Å². The van der Waals surface area contributed by atoms with Gasteiger partial charge in [-0.05, 0) is 19.1 Å². The minimum absolute atomic E-state index is 0.0704. The summed E-state index contributed by atoms with van der Waals surface area (Å²) in [5.41, 5.74) is -1.69. The van der Waals surface area contributed by atoms with Crippen molar-refractivity contribution < 1.29 is 28.2 Å². The van der Waals surface area contributed by atoms with Crippen LogP contribution in [0, 0.1) is 0 Å². The number of amides is 1. The number of carbonyl (C=O) groups excluding carboxylic acids is 1. The zero-order chi connectivity index (χ0) is 18.1. The maximum Gasteiger partial charge on any atom is 0.337 e. The van der Waals surface area contributed by atoms with Gasteiger partial charge in [0.1, 0.15) is 4.90 Å². The Morgan fingerprint density at radius 1 is 1.33 bits per heavy atom. The van der Waals surface area contributed by atoms with E-state index < -0.39 is 34.0 Å². The summed E-state index contributed by atoms with van der Waals surface area (Å²) in [6.45, 7) is 0.331. The van der Waals surface area contributed by atoms with Gasteiger partial charge in [-0.1, -0.05) is 12.1 Å². The highest BCUT2D eigenvalue weighted by Crippen LogP contribution is 2.26. The maximum atomic E-state index is 12.0. The molecule has 1 aromatic rings. The lowest BCUT2D eigenvalue weighted by Gasteiger charge is -2.21. The number of rotatable bonds is 5. The SMILES string of the molecule is CN(CC(=O)NCC(C)(O)C(=O)O)C1=NS(=O)(=O)c2ccccc21. The predicted molar refractivity (Wildman–Crippen MR) is 84.1 cm³/mol. The molecule has 1 heterocycles. The van der Waals surface area contributed by atoms with E-state index in [2.05, 4.69) is 9.71 Å². The molecule has 24 heavy (non-hydrogen) atoms. The van der Waals surface area contributed by atoms with Crippen molar-refractivity contribution in [1.29, 1.82) is 0 Å². The first-order chi connectivity index (χ1) is 11.0. The third kappa shape index (κ3) is 3.54. The highest BCUT2D eigenvalue weighted by molar-refractivity contribution is 7.90. The van der Waals surface area contributed by atoms with Crippen LogP contribution in [-0.2, 0) is 19.6 Å². The molecule has 0 saturated heterocycles. The third-order valence-electron chi connectivity index (χ3n) is 3.45. The molecule has 0 radical (unpaired) electrons. The van der Waals surface area contributed by atoms with E-state index in [1.807, 2.05) is 0 Å². The molecule has 0 spiro atoms. The Hall–Kier alpha value is -2.46. The van der Waals surface area contributed by atoms with E-state index in [1.165, 1.54) is 18.0 Å². The molecule has 1 amide bonds. The summed E-state index contributed by atoms with van der Waals surface area (Å²) in [6.07, 6.45) is 0. The zero-order valence-corrected chi connectivity index (χ0v) is 13.9. The third-order valence-corrected chi connectivity index (χ3v) is 4.77. The van der Waals surface area contributed by atoms with Crippen LogP contribution in [0.5, 0.6) is 0 Å². The summed E-state index contributed by atoms with van der Waals surface area (Å²) in [7, 11) is -2.29. The lowest BCUT2D eigenvalue weighted by Crippen LogP contribution is -2.48. The number of carboxylic acid groups (broad SMARTS) is 1. The van der Waals surface area contributed by atoms with Crippen molar-refractivity contribution >= 4 is 27.7 Å².